The lowest BCUT2D eigenvalue weighted by atomic mass is 10.4. The van der Waals surface area contributed by atoms with Crippen LogP contribution in [0.1, 0.15) is 4.88 Å². The Morgan fingerprint density at radius 1 is 1.33 bits per heavy atom. The van der Waals surface area contributed by atoms with E-state index in [1.54, 1.807) is 0 Å². The normalized spacial score (nSPS) is 10.7. The molecule has 1 aromatic heterocycles. The summed E-state index contributed by atoms with van der Waals surface area (Å²) in [6, 6.07) is 9.64. The van der Waals surface area contributed by atoms with Gasteiger partial charge in [-0.25, -0.2) is 9.78 Å². The van der Waals surface area contributed by atoms with Gasteiger partial charge >= 0.3 is 5.97 Å². The molecule has 0 radical (unpaired) electrons. The van der Waals surface area contributed by atoms with Crippen LogP contribution < -0.4 is 5.32 Å². The zero-order valence-electron chi connectivity index (χ0n) is 10.9. The Bertz CT molecular complexity index is 653. The second-order valence-electron chi connectivity index (χ2n) is 3.89. The fourth-order valence-electron chi connectivity index (χ4n) is 1.40. The minimum atomic E-state index is -1.02. The minimum Gasteiger partial charge on any atom is -0.478 e. The van der Waals surface area contributed by atoms with Gasteiger partial charge in [-0.3, -0.25) is 4.79 Å². The highest BCUT2D eigenvalue weighted by Crippen LogP contribution is 2.21. The van der Waals surface area contributed by atoms with E-state index in [0.717, 1.165) is 11.0 Å². The van der Waals surface area contributed by atoms with Crippen LogP contribution in [0.2, 0.25) is 0 Å². The third-order valence-corrected chi connectivity index (χ3v) is 4.16. The second kappa shape index (κ2) is 7.61. The van der Waals surface area contributed by atoms with Gasteiger partial charge in [-0.05, 0) is 18.2 Å². The molecule has 0 spiro atoms. The van der Waals surface area contributed by atoms with E-state index < -0.39 is 5.97 Å². The van der Waals surface area contributed by atoms with E-state index in [1.807, 2.05) is 30.3 Å². The van der Waals surface area contributed by atoms with Crippen LogP contribution in [0.25, 0.3) is 6.08 Å². The predicted octanol–water partition coefficient (Wildman–Crippen LogP) is 2.97. The van der Waals surface area contributed by atoms with Gasteiger partial charge in [-0.2, -0.15) is 0 Å². The predicted molar refractivity (Wildman–Crippen MR) is 84.6 cm³/mol. The molecule has 0 atom stereocenters. The zero-order chi connectivity index (χ0) is 15.1. The monoisotopic (exact) mass is 320 g/mol. The van der Waals surface area contributed by atoms with Crippen LogP contribution in [-0.4, -0.2) is 27.7 Å². The first-order valence-corrected chi connectivity index (χ1v) is 7.78. The van der Waals surface area contributed by atoms with Crippen molar-refractivity contribution < 1.29 is 14.7 Å². The highest BCUT2D eigenvalue weighted by molar-refractivity contribution is 8.00. The van der Waals surface area contributed by atoms with Gasteiger partial charge in [0.2, 0.25) is 5.91 Å². The molecule has 1 amide bonds. The van der Waals surface area contributed by atoms with E-state index in [1.165, 1.54) is 35.4 Å². The fraction of sp³-hybridized carbons (Fsp3) is 0.0714. The number of rotatable bonds is 6. The van der Waals surface area contributed by atoms with Crippen molar-refractivity contribution >= 4 is 46.2 Å². The Hall–Kier alpha value is -2.12. The summed E-state index contributed by atoms with van der Waals surface area (Å²) in [5.41, 5.74) is 0. The highest BCUT2D eigenvalue weighted by atomic mass is 32.2. The SMILES string of the molecule is O=C(O)C=Cc1cnc(NC(=O)CSc2ccccc2)s1. The summed E-state index contributed by atoms with van der Waals surface area (Å²) in [5, 5.41) is 11.7. The van der Waals surface area contributed by atoms with Crippen LogP contribution in [0.4, 0.5) is 5.13 Å². The van der Waals surface area contributed by atoms with Crippen LogP contribution in [0.5, 0.6) is 0 Å². The molecule has 0 bridgehead atoms. The van der Waals surface area contributed by atoms with Crippen molar-refractivity contribution in [1.82, 2.24) is 4.98 Å². The first-order chi connectivity index (χ1) is 10.1. The first kappa shape index (κ1) is 15.3. The average Bonchev–Trinajstić information content (AvgIpc) is 2.91. The lowest BCUT2D eigenvalue weighted by Crippen LogP contribution is -2.13. The van der Waals surface area contributed by atoms with Crippen molar-refractivity contribution in [2.45, 2.75) is 4.90 Å². The maximum atomic E-state index is 11.8. The smallest absolute Gasteiger partial charge is 0.328 e. The molecule has 0 aliphatic rings. The standard InChI is InChI=1S/C14H12N2O3S2/c17-12(9-20-10-4-2-1-3-5-10)16-14-15-8-11(21-14)6-7-13(18)19/h1-8H,9H2,(H,18,19)(H,15,16,17). The number of thioether (sulfide) groups is 1. The average molecular weight is 320 g/mol. The summed E-state index contributed by atoms with van der Waals surface area (Å²) >= 11 is 2.66. The molecule has 0 fully saturated rings. The number of amides is 1. The summed E-state index contributed by atoms with van der Waals surface area (Å²) in [6.07, 6.45) is 3.99. The molecule has 7 heteroatoms. The molecule has 0 aliphatic carbocycles. The maximum Gasteiger partial charge on any atom is 0.328 e. The van der Waals surface area contributed by atoms with E-state index in [0.29, 0.717) is 15.8 Å². The van der Waals surface area contributed by atoms with Crippen LogP contribution in [0, 0.1) is 0 Å². The molecule has 2 N–H and O–H groups in total. The molecule has 108 valence electrons. The van der Waals surface area contributed by atoms with Crippen LogP contribution in [0.15, 0.2) is 47.5 Å². The number of hydrogen-bond acceptors (Lipinski definition) is 5. The Labute approximate surface area is 129 Å². The number of aromatic nitrogens is 1. The topological polar surface area (TPSA) is 79.3 Å². The van der Waals surface area contributed by atoms with Gasteiger partial charge in [0.25, 0.3) is 0 Å². The van der Waals surface area contributed by atoms with Crippen molar-refractivity contribution in [3.8, 4) is 0 Å². The van der Waals surface area contributed by atoms with E-state index >= 15 is 0 Å². The Morgan fingerprint density at radius 3 is 2.81 bits per heavy atom. The lowest BCUT2D eigenvalue weighted by molar-refractivity contribution is -0.131. The molecule has 21 heavy (non-hydrogen) atoms. The molecule has 0 aliphatic heterocycles. The Kier molecular flexibility index (Phi) is 5.53. The van der Waals surface area contributed by atoms with Gasteiger partial charge < -0.3 is 10.4 Å². The van der Waals surface area contributed by atoms with E-state index in [4.69, 9.17) is 5.11 Å². The molecule has 0 saturated heterocycles. The van der Waals surface area contributed by atoms with Gasteiger partial charge in [0, 0.05) is 22.0 Å². The van der Waals surface area contributed by atoms with E-state index in [-0.39, 0.29) is 5.91 Å². The summed E-state index contributed by atoms with van der Waals surface area (Å²) in [4.78, 5) is 27.9. The molecule has 5 nitrogen and oxygen atoms in total. The number of thiazole rings is 1. The van der Waals surface area contributed by atoms with Crippen molar-refractivity contribution in [2.75, 3.05) is 11.1 Å². The third kappa shape index (κ3) is 5.41. The zero-order valence-corrected chi connectivity index (χ0v) is 12.5. The first-order valence-electron chi connectivity index (χ1n) is 5.98. The highest BCUT2D eigenvalue weighted by Gasteiger charge is 2.06. The van der Waals surface area contributed by atoms with E-state index in [2.05, 4.69) is 10.3 Å². The number of anilines is 1. The van der Waals surface area contributed by atoms with Gasteiger partial charge in [-0.1, -0.05) is 29.5 Å². The number of carboxylic acids is 1. The van der Waals surface area contributed by atoms with Gasteiger partial charge in [0.15, 0.2) is 5.13 Å². The summed E-state index contributed by atoms with van der Waals surface area (Å²) in [7, 11) is 0. The number of carboxylic acid groups (broad SMARTS) is 1. The molecule has 0 saturated carbocycles. The van der Waals surface area contributed by atoms with Crippen molar-refractivity contribution in [3.63, 3.8) is 0 Å². The van der Waals surface area contributed by atoms with Crippen LogP contribution in [0.3, 0.4) is 0 Å². The number of benzene rings is 1. The fourth-order valence-corrected chi connectivity index (χ4v) is 2.85. The van der Waals surface area contributed by atoms with Crippen LogP contribution >= 0.6 is 23.1 Å². The molecular weight excluding hydrogens is 308 g/mol. The minimum absolute atomic E-state index is 0.146. The Balaban J connectivity index is 1.84. The molecule has 0 unspecified atom stereocenters. The number of carbonyl (C=O) groups excluding carboxylic acids is 1. The molecule has 2 rings (SSSR count). The third-order valence-electron chi connectivity index (χ3n) is 2.27. The van der Waals surface area contributed by atoms with Crippen molar-refractivity contribution in [1.29, 1.82) is 0 Å². The number of hydrogen-bond donors (Lipinski definition) is 2. The number of aliphatic carboxylic acids is 1. The summed E-state index contributed by atoms with van der Waals surface area (Å²) < 4.78 is 0. The molecule has 1 aromatic carbocycles. The van der Waals surface area contributed by atoms with Crippen LogP contribution in [-0.2, 0) is 9.59 Å². The quantitative estimate of drug-likeness (QED) is 0.632. The lowest BCUT2D eigenvalue weighted by Gasteiger charge is -2.01. The largest absolute Gasteiger partial charge is 0.478 e. The summed E-state index contributed by atoms with van der Waals surface area (Å²) in [6.45, 7) is 0. The molecule has 1 heterocycles. The van der Waals surface area contributed by atoms with E-state index in [9.17, 15) is 9.59 Å². The van der Waals surface area contributed by atoms with Crippen molar-refractivity contribution in [2.24, 2.45) is 0 Å². The number of nitrogens with one attached hydrogen (secondary N) is 1. The number of nitrogens with zero attached hydrogens (tertiary/aromatic N) is 1. The summed E-state index contributed by atoms with van der Waals surface area (Å²) in [5.74, 6) is -0.871. The second-order valence-corrected chi connectivity index (χ2v) is 6.00. The molecular formula is C14H12N2O3S2. The van der Waals surface area contributed by atoms with Gasteiger partial charge in [-0.15, -0.1) is 11.8 Å². The number of carbonyl (C=O) groups is 2. The Morgan fingerprint density at radius 2 is 2.10 bits per heavy atom. The van der Waals surface area contributed by atoms with Gasteiger partial charge in [0.05, 0.1) is 5.75 Å². The maximum absolute atomic E-state index is 11.8. The molecule has 2 aromatic rings. The van der Waals surface area contributed by atoms with Crippen molar-refractivity contribution in [3.05, 3.63) is 47.5 Å². The van der Waals surface area contributed by atoms with Gasteiger partial charge in [0.1, 0.15) is 0 Å².